The third-order valence-corrected chi connectivity index (χ3v) is 10.4. The fourth-order valence-electron chi connectivity index (χ4n) is 6.98. The summed E-state index contributed by atoms with van der Waals surface area (Å²) in [7, 11) is 0. The van der Waals surface area contributed by atoms with Gasteiger partial charge in [-0.3, -0.25) is 4.79 Å². The molecule has 0 bridgehead atoms. The monoisotopic (exact) mass is 766 g/mol. The number of fused-ring (bicyclic) bond motifs is 1. The Morgan fingerprint density at radius 3 is 2.00 bits per heavy atom. The van der Waals surface area contributed by atoms with Crippen molar-refractivity contribution in [3.8, 4) is 22.7 Å². The number of aryl methyl sites for hydroxylation is 1. The van der Waals surface area contributed by atoms with Crippen molar-refractivity contribution in [1.82, 2.24) is 29.8 Å². The molecule has 0 saturated heterocycles. The van der Waals surface area contributed by atoms with Crippen LogP contribution in [0.1, 0.15) is 51.9 Å². The molecule has 0 fully saturated rings. The molecule has 0 unspecified atom stereocenters. The first kappa shape index (κ1) is 33.5. The van der Waals surface area contributed by atoms with Crippen LogP contribution in [0.15, 0.2) is 142 Å². The van der Waals surface area contributed by atoms with E-state index in [0.717, 1.165) is 61.8 Å². The summed E-state index contributed by atoms with van der Waals surface area (Å²) in [5.74, 6) is 1.88. The third kappa shape index (κ3) is 5.76. The normalized spacial score (nSPS) is 11.7. The number of halogens is 2. The highest BCUT2D eigenvalue weighted by Crippen LogP contribution is 2.43. The first-order valence-electron chi connectivity index (χ1n) is 17.0. The van der Waals surface area contributed by atoms with Crippen LogP contribution in [0.25, 0.3) is 33.7 Å². The van der Waals surface area contributed by atoms with Crippen molar-refractivity contribution in [1.29, 1.82) is 0 Å². The van der Waals surface area contributed by atoms with Crippen molar-refractivity contribution < 1.29 is 9.21 Å². The van der Waals surface area contributed by atoms with Gasteiger partial charge in [0.1, 0.15) is 22.9 Å². The van der Waals surface area contributed by atoms with Crippen LogP contribution in [0.4, 0.5) is 0 Å². The fourth-order valence-corrected chi connectivity index (χ4v) is 7.83. The van der Waals surface area contributed by atoms with Gasteiger partial charge in [-0.05, 0) is 62.0 Å². The van der Waals surface area contributed by atoms with Crippen molar-refractivity contribution in [2.24, 2.45) is 0 Å². The Balaban J connectivity index is 1.23. The zero-order valence-electron chi connectivity index (χ0n) is 28.2. The van der Waals surface area contributed by atoms with Crippen LogP contribution < -0.4 is 0 Å². The summed E-state index contributed by atoms with van der Waals surface area (Å²) in [6.45, 7) is 2.52. The number of hydrogen-bond acceptors (Lipinski definition) is 6. The average Bonchev–Trinajstić information content (AvgIpc) is 3.89. The molecule has 0 saturated carbocycles. The van der Waals surface area contributed by atoms with Crippen molar-refractivity contribution in [3.05, 3.63) is 177 Å². The number of carbonyl (C=O) groups is 1. The van der Waals surface area contributed by atoms with Crippen LogP contribution in [0.5, 0.6) is 0 Å². The Kier molecular flexibility index (Phi) is 9.13. The average molecular weight is 768 g/mol. The van der Waals surface area contributed by atoms with Gasteiger partial charge >= 0.3 is 0 Å². The predicted octanol–water partition coefficient (Wildman–Crippen LogP) is 10.0. The number of furan rings is 1. The van der Waals surface area contributed by atoms with Crippen LogP contribution in [0.3, 0.4) is 0 Å². The van der Waals surface area contributed by atoms with Gasteiger partial charge in [-0.2, -0.15) is 0 Å². The molecule has 0 radical (unpaired) electrons. The van der Waals surface area contributed by atoms with Gasteiger partial charge in [0, 0.05) is 29.5 Å². The number of hydrogen-bond donors (Lipinski definition) is 0. The second kappa shape index (κ2) is 14.2. The number of aromatic nitrogens is 6. The molecule has 0 N–H and O–H groups in total. The highest BCUT2D eigenvalue weighted by molar-refractivity contribution is 9.10. The predicted molar refractivity (Wildman–Crippen MR) is 206 cm³/mol. The number of aldehydes is 1. The Hall–Kier alpha value is -5.64. The maximum Gasteiger partial charge on any atom is 0.205 e. The molecule has 52 heavy (non-hydrogen) atoms. The van der Waals surface area contributed by atoms with Gasteiger partial charge in [0.2, 0.25) is 5.82 Å². The number of imidazole rings is 1. The van der Waals surface area contributed by atoms with Crippen LogP contribution in [-0.2, 0) is 18.5 Å². The Labute approximate surface area is 313 Å². The first-order chi connectivity index (χ1) is 25.5. The highest BCUT2D eigenvalue weighted by atomic mass is 79.9. The number of rotatable bonds is 11. The molecule has 0 spiro atoms. The molecule has 10 heteroatoms. The number of carbonyl (C=O) groups excluding carboxylic acids is 1. The summed E-state index contributed by atoms with van der Waals surface area (Å²) in [6, 6.07) is 44.7. The van der Waals surface area contributed by atoms with Gasteiger partial charge in [-0.1, -0.05) is 140 Å². The summed E-state index contributed by atoms with van der Waals surface area (Å²) in [4.78, 5) is 18.1. The summed E-state index contributed by atoms with van der Waals surface area (Å²) >= 11 is 10.2. The molecule has 8 nitrogen and oxygen atoms in total. The summed E-state index contributed by atoms with van der Waals surface area (Å²) in [5, 5.41) is 15.7. The summed E-state index contributed by atoms with van der Waals surface area (Å²) in [5.41, 5.74) is 5.74. The Bertz CT molecular complexity index is 2410. The first-order valence-corrected chi connectivity index (χ1v) is 18.2. The quantitative estimate of drug-likeness (QED) is 0.0962. The Morgan fingerprint density at radius 1 is 0.808 bits per heavy atom. The number of nitrogens with zero attached hydrogens (tertiary/aromatic N) is 6. The molecule has 5 aromatic carbocycles. The number of benzene rings is 5. The lowest BCUT2D eigenvalue weighted by molar-refractivity contribution is 0.111. The van der Waals surface area contributed by atoms with Crippen LogP contribution in [0, 0.1) is 0 Å². The fraction of sp³-hybridized carbons (Fsp3) is 0.119. The highest BCUT2D eigenvalue weighted by Gasteiger charge is 2.41. The third-order valence-electron chi connectivity index (χ3n) is 9.36. The molecule has 3 heterocycles. The van der Waals surface area contributed by atoms with E-state index in [-0.39, 0.29) is 5.15 Å². The van der Waals surface area contributed by atoms with E-state index in [1.54, 1.807) is 4.80 Å². The van der Waals surface area contributed by atoms with E-state index in [4.69, 9.17) is 31.4 Å². The molecule has 0 amide bonds. The molecule has 0 aliphatic heterocycles. The molecule has 8 aromatic rings. The van der Waals surface area contributed by atoms with E-state index in [1.807, 2.05) is 95.6 Å². The van der Waals surface area contributed by atoms with Gasteiger partial charge in [0.15, 0.2) is 17.0 Å². The van der Waals surface area contributed by atoms with E-state index in [0.29, 0.717) is 35.8 Å². The van der Waals surface area contributed by atoms with Crippen molar-refractivity contribution in [2.75, 3.05) is 0 Å². The Morgan fingerprint density at radius 2 is 1.40 bits per heavy atom. The summed E-state index contributed by atoms with van der Waals surface area (Å²) < 4.78 is 9.20. The minimum Gasteiger partial charge on any atom is -0.455 e. The van der Waals surface area contributed by atoms with Gasteiger partial charge < -0.3 is 8.98 Å². The van der Waals surface area contributed by atoms with Gasteiger partial charge in [0.05, 0.1) is 4.47 Å². The molecule has 0 atom stereocenters. The van der Waals surface area contributed by atoms with Crippen LogP contribution >= 0.6 is 27.5 Å². The SMILES string of the molecule is CCCc1nc(Cl)c(C=O)n1Cc1ccc2oc(-c3ccccc3-c3nnn(C(c4ccccc4)(c4ccccc4)c4ccccc4)n3)c(Br)c2c1. The van der Waals surface area contributed by atoms with E-state index in [2.05, 4.69) is 70.3 Å². The number of tetrazole rings is 1. The zero-order valence-corrected chi connectivity index (χ0v) is 30.5. The molecular weight excluding hydrogens is 736 g/mol. The van der Waals surface area contributed by atoms with Gasteiger partial charge in [-0.15, -0.1) is 15.0 Å². The van der Waals surface area contributed by atoms with E-state index >= 15 is 0 Å². The smallest absolute Gasteiger partial charge is 0.205 e. The second-order valence-electron chi connectivity index (χ2n) is 12.5. The molecule has 3 aromatic heterocycles. The minimum atomic E-state index is -0.902. The van der Waals surface area contributed by atoms with E-state index in [1.165, 1.54) is 0 Å². The molecule has 0 aliphatic rings. The lowest BCUT2D eigenvalue weighted by Gasteiger charge is -2.34. The lowest BCUT2D eigenvalue weighted by atomic mass is 9.77. The molecule has 256 valence electrons. The van der Waals surface area contributed by atoms with E-state index < -0.39 is 5.54 Å². The maximum atomic E-state index is 11.9. The van der Waals surface area contributed by atoms with Gasteiger partial charge in [-0.25, -0.2) is 4.98 Å². The standard InChI is InChI=1S/C42H32BrClN6O2/c1-2-14-37-45-40(44)35(27-51)49(37)26-28-23-24-36-34(25-28)38(43)39(52-36)32-21-12-13-22-33(32)41-46-48-50(47-41)42(29-15-6-3-7-16-29,30-17-8-4-9-18-30)31-19-10-5-11-20-31/h3-13,15-25,27H,2,14,26H2,1H3. The van der Waals surface area contributed by atoms with Crippen molar-refractivity contribution >= 4 is 44.8 Å². The molecule has 8 rings (SSSR count). The molecule has 0 aliphatic carbocycles. The van der Waals surface area contributed by atoms with E-state index in [9.17, 15) is 4.79 Å². The van der Waals surface area contributed by atoms with Crippen LogP contribution in [-0.4, -0.2) is 36.0 Å². The second-order valence-corrected chi connectivity index (χ2v) is 13.6. The maximum absolute atomic E-state index is 11.9. The van der Waals surface area contributed by atoms with Crippen molar-refractivity contribution in [2.45, 2.75) is 31.8 Å². The summed E-state index contributed by atoms with van der Waals surface area (Å²) in [6.07, 6.45) is 2.37. The zero-order chi connectivity index (χ0) is 35.7. The lowest BCUT2D eigenvalue weighted by Crippen LogP contribution is -2.39. The van der Waals surface area contributed by atoms with Crippen LogP contribution in [0.2, 0.25) is 5.15 Å². The van der Waals surface area contributed by atoms with Crippen molar-refractivity contribution in [3.63, 3.8) is 0 Å². The minimum absolute atomic E-state index is 0.224. The van der Waals surface area contributed by atoms with Gasteiger partial charge in [0.25, 0.3) is 0 Å². The largest absolute Gasteiger partial charge is 0.455 e. The molecular formula is C42H32BrClN6O2. The topological polar surface area (TPSA) is 91.6 Å².